The summed E-state index contributed by atoms with van der Waals surface area (Å²) in [7, 11) is 1.78. The molecule has 3 aromatic rings. The van der Waals surface area contributed by atoms with Crippen LogP contribution in [0.5, 0.6) is 0 Å². The van der Waals surface area contributed by atoms with E-state index < -0.39 is 11.7 Å². The van der Waals surface area contributed by atoms with E-state index in [0.717, 1.165) is 43.0 Å². The molecule has 0 unspecified atom stereocenters. The fraction of sp³-hybridized carbons (Fsp3) is 0.500. The molecule has 0 bridgehead atoms. The SMILES string of the molecule is Cn1c(=O)c(CN(C(=O)C2CCCCC2)[C@@H]2CN(Cc3ccccc3)C[C@H]2NC(=O)OC(C)(C)C)cc2ccccc21. The van der Waals surface area contributed by atoms with Crippen LogP contribution in [-0.4, -0.2) is 57.1 Å². The zero-order valence-corrected chi connectivity index (χ0v) is 25.3. The van der Waals surface area contributed by atoms with Gasteiger partial charge in [-0.3, -0.25) is 14.5 Å². The number of aromatic nitrogens is 1. The van der Waals surface area contributed by atoms with Crippen LogP contribution < -0.4 is 10.9 Å². The van der Waals surface area contributed by atoms with Crippen LogP contribution in [-0.2, 0) is 29.7 Å². The first-order chi connectivity index (χ1) is 20.1. The Kier molecular flexibility index (Phi) is 9.02. The summed E-state index contributed by atoms with van der Waals surface area (Å²) in [6.45, 7) is 7.58. The Morgan fingerprint density at radius 3 is 2.38 bits per heavy atom. The van der Waals surface area contributed by atoms with Gasteiger partial charge < -0.3 is 19.5 Å². The first kappa shape index (κ1) is 29.8. The number of hydrogen-bond acceptors (Lipinski definition) is 5. The van der Waals surface area contributed by atoms with Gasteiger partial charge >= 0.3 is 6.09 Å². The molecule has 1 saturated carbocycles. The van der Waals surface area contributed by atoms with E-state index in [0.29, 0.717) is 25.2 Å². The van der Waals surface area contributed by atoms with Gasteiger partial charge in [-0.25, -0.2) is 4.79 Å². The van der Waals surface area contributed by atoms with Crippen LogP contribution in [0.25, 0.3) is 10.9 Å². The van der Waals surface area contributed by atoms with Crippen LogP contribution in [0, 0.1) is 5.92 Å². The van der Waals surface area contributed by atoms with Crippen LogP contribution in [0.3, 0.4) is 0 Å². The lowest BCUT2D eigenvalue weighted by atomic mass is 9.87. The van der Waals surface area contributed by atoms with E-state index in [1.165, 1.54) is 5.56 Å². The lowest BCUT2D eigenvalue weighted by Gasteiger charge is -2.36. The Morgan fingerprint density at radius 2 is 1.67 bits per heavy atom. The third-order valence-corrected chi connectivity index (χ3v) is 8.50. The largest absolute Gasteiger partial charge is 0.444 e. The molecule has 5 rings (SSSR count). The Labute approximate surface area is 248 Å². The van der Waals surface area contributed by atoms with Gasteiger partial charge in [-0.1, -0.05) is 67.8 Å². The minimum Gasteiger partial charge on any atom is -0.444 e. The highest BCUT2D eigenvalue weighted by molar-refractivity contribution is 5.81. The van der Waals surface area contributed by atoms with Crippen molar-refractivity contribution < 1.29 is 14.3 Å². The lowest BCUT2D eigenvalue weighted by molar-refractivity contribution is -0.140. The minimum absolute atomic E-state index is 0.0755. The Hall–Kier alpha value is -3.65. The molecular formula is C34H44N4O4. The van der Waals surface area contributed by atoms with Crippen molar-refractivity contribution in [2.45, 2.75) is 83.6 Å². The van der Waals surface area contributed by atoms with Gasteiger partial charge in [0.15, 0.2) is 0 Å². The number of nitrogens with zero attached hydrogens (tertiary/aromatic N) is 3. The molecule has 2 heterocycles. The zero-order valence-electron chi connectivity index (χ0n) is 25.3. The normalized spacial score (nSPS) is 20.0. The van der Waals surface area contributed by atoms with Gasteiger partial charge in [0.2, 0.25) is 5.91 Å². The van der Waals surface area contributed by atoms with Gasteiger partial charge in [0.05, 0.1) is 24.1 Å². The highest BCUT2D eigenvalue weighted by Crippen LogP contribution is 2.30. The molecular weight excluding hydrogens is 528 g/mol. The summed E-state index contributed by atoms with van der Waals surface area (Å²) in [6, 6.07) is 19.3. The number of amides is 2. The molecule has 8 nitrogen and oxygen atoms in total. The monoisotopic (exact) mass is 572 g/mol. The van der Waals surface area contributed by atoms with Crippen LogP contribution in [0.4, 0.5) is 4.79 Å². The first-order valence-corrected chi connectivity index (χ1v) is 15.2. The lowest BCUT2D eigenvalue weighted by Crippen LogP contribution is -2.55. The number of ether oxygens (including phenoxy) is 1. The van der Waals surface area contributed by atoms with Crippen LogP contribution in [0.1, 0.15) is 64.0 Å². The van der Waals surface area contributed by atoms with E-state index in [2.05, 4.69) is 22.3 Å². The molecule has 224 valence electrons. The van der Waals surface area contributed by atoms with E-state index in [1.807, 2.05) is 74.2 Å². The number of para-hydroxylation sites is 1. The fourth-order valence-corrected chi connectivity index (χ4v) is 6.48. The molecule has 42 heavy (non-hydrogen) atoms. The highest BCUT2D eigenvalue weighted by Gasteiger charge is 2.42. The molecule has 1 N–H and O–H groups in total. The molecule has 1 aliphatic carbocycles. The van der Waals surface area contributed by atoms with E-state index in [-0.39, 0.29) is 36.0 Å². The van der Waals surface area contributed by atoms with Crippen LogP contribution in [0.2, 0.25) is 0 Å². The number of nitrogens with one attached hydrogen (secondary N) is 1. The molecule has 2 amide bonds. The van der Waals surface area contributed by atoms with Crippen molar-refractivity contribution in [3.63, 3.8) is 0 Å². The number of carbonyl (C=O) groups is 2. The van der Waals surface area contributed by atoms with Crippen molar-refractivity contribution in [2.24, 2.45) is 13.0 Å². The number of benzene rings is 2. The van der Waals surface area contributed by atoms with Crippen LogP contribution in [0.15, 0.2) is 65.5 Å². The van der Waals surface area contributed by atoms with E-state index in [1.54, 1.807) is 11.6 Å². The number of likely N-dealkylation sites (tertiary alicyclic amines) is 1. The Balaban J connectivity index is 1.50. The number of rotatable bonds is 7. The van der Waals surface area contributed by atoms with Gasteiger partial charge in [-0.05, 0) is 56.7 Å². The fourth-order valence-electron chi connectivity index (χ4n) is 6.48. The predicted molar refractivity (Wildman–Crippen MR) is 165 cm³/mol. The second-order valence-electron chi connectivity index (χ2n) is 12.9. The molecule has 2 aromatic carbocycles. The molecule has 0 spiro atoms. The molecule has 2 aliphatic rings. The average Bonchev–Trinajstić information content (AvgIpc) is 3.34. The molecule has 2 atom stereocenters. The zero-order chi connectivity index (χ0) is 29.9. The standard InChI is InChI=1S/C34H44N4O4/c1-34(2,3)42-33(41)35-28-22-37(20-24-13-7-5-8-14-24)23-30(28)38(32(40)25-15-9-6-10-16-25)21-27-19-26-17-11-12-18-29(26)36(4)31(27)39/h5,7-8,11-14,17-19,25,28,30H,6,9-10,15-16,20-23H2,1-4H3,(H,35,41)/t28-,30-/m1/s1. The summed E-state index contributed by atoms with van der Waals surface area (Å²) < 4.78 is 7.30. The smallest absolute Gasteiger partial charge is 0.407 e. The molecule has 1 aliphatic heterocycles. The highest BCUT2D eigenvalue weighted by atomic mass is 16.6. The second-order valence-corrected chi connectivity index (χ2v) is 12.9. The minimum atomic E-state index is -0.642. The van der Waals surface area contributed by atoms with Crippen molar-refractivity contribution in [2.75, 3.05) is 13.1 Å². The van der Waals surface area contributed by atoms with Crippen molar-refractivity contribution in [3.05, 3.63) is 82.1 Å². The first-order valence-electron chi connectivity index (χ1n) is 15.2. The third-order valence-electron chi connectivity index (χ3n) is 8.50. The van der Waals surface area contributed by atoms with Gasteiger partial charge in [-0.2, -0.15) is 0 Å². The topological polar surface area (TPSA) is 83.9 Å². The quantitative estimate of drug-likeness (QED) is 0.420. The van der Waals surface area contributed by atoms with Gasteiger partial charge in [0.1, 0.15) is 5.60 Å². The predicted octanol–water partition coefficient (Wildman–Crippen LogP) is 5.23. The summed E-state index contributed by atoms with van der Waals surface area (Å²) in [5.41, 5.74) is 1.86. The number of alkyl carbamates (subject to hydrolysis) is 1. The molecule has 2 fully saturated rings. The van der Waals surface area contributed by atoms with Crippen LogP contribution >= 0.6 is 0 Å². The summed E-state index contributed by atoms with van der Waals surface area (Å²) in [6.07, 6.45) is 4.43. The molecule has 0 radical (unpaired) electrons. The van der Waals surface area contributed by atoms with E-state index >= 15 is 0 Å². The summed E-state index contributed by atoms with van der Waals surface area (Å²) in [4.78, 5) is 45.1. The Morgan fingerprint density at radius 1 is 0.976 bits per heavy atom. The van der Waals surface area contributed by atoms with Crippen molar-refractivity contribution in [3.8, 4) is 0 Å². The molecule has 1 saturated heterocycles. The number of carbonyl (C=O) groups excluding carboxylic acids is 2. The Bertz CT molecular complexity index is 1460. The van der Waals surface area contributed by atoms with E-state index in [9.17, 15) is 14.4 Å². The summed E-state index contributed by atoms with van der Waals surface area (Å²) >= 11 is 0. The third kappa shape index (κ3) is 7.04. The number of fused-ring (bicyclic) bond motifs is 1. The second kappa shape index (κ2) is 12.7. The maximum Gasteiger partial charge on any atom is 0.407 e. The van der Waals surface area contributed by atoms with E-state index in [4.69, 9.17) is 4.74 Å². The van der Waals surface area contributed by atoms with Crippen molar-refractivity contribution in [1.29, 1.82) is 0 Å². The van der Waals surface area contributed by atoms with Crippen molar-refractivity contribution >= 4 is 22.9 Å². The maximum atomic E-state index is 14.3. The summed E-state index contributed by atoms with van der Waals surface area (Å²) in [5.74, 6) is 0.000806. The number of pyridine rings is 1. The number of aryl methyl sites for hydroxylation is 1. The van der Waals surface area contributed by atoms with Gasteiger partial charge in [-0.15, -0.1) is 0 Å². The van der Waals surface area contributed by atoms with Gasteiger partial charge in [0.25, 0.3) is 5.56 Å². The molecule has 1 aromatic heterocycles. The summed E-state index contributed by atoms with van der Waals surface area (Å²) in [5, 5.41) is 4.06. The maximum absolute atomic E-state index is 14.3. The molecule has 8 heteroatoms. The average molecular weight is 573 g/mol. The van der Waals surface area contributed by atoms with Gasteiger partial charge in [0, 0.05) is 38.2 Å². The number of hydrogen-bond donors (Lipinski definition) is 1. The van der Waals surface area contributed by atoms with Crippen molar-refractivity contribution in [1.82, 2.24) is 19.7 Å².